The SMILES string of the molecule is Cc1cc(C)c(B2Oc3cc(C(C)(C)C)cc(C(C)(C)C)c3O2)c(C)c1. The van der Waals surface area contributed by atoms with E-state index in [1.165, 1.54) is 27.8 Å². The van der Waals surface area contributed by atoms with Gasteiger partial charge < -0.3 is 9.31 Å². The summed E-state index contributed by atoms with van der Waals surface area (Å²) in [4.78, 5) is 0. The first kappa shape index (κ1) is 18.9. The topological polar surface area (TPSA) is 18.5 Å². The Morgan fingerprint density at radius 3 is 1.81 bits per heavy atom. The predicted molar refractivity (Wildman–Crippen MR) is 111 cm³/mol. The summed E-state index contributed by atoms with van der Waals surface area (Å²) in [6, 6.07) is 8.84. The summed E-state index contributed by atoms with van der Waals surface area (Å²) in [5.74, 6) is 1.77. The fraction of sp³-hybridized carbons (Fsp3) is 0.478. The van der Waals surface area contributed by atoms with Crippen molar-refractivity contribution in [3.8, 4) is 11.5 Å². The molecular formula is C23H31BO2. The Morgan fingerprint density at radius 2 is 1.31 bits per heavy atom. The average Bonchev–Trinajstić information content (AvgIpc) is 2.85. The number of rotatable bonds is 1. The maximum absolute atomic E-state index is 6.40. The highest BCUT2D eigenvalue weighted by atomic mass is 16.6. The Balaban J connectivity index is 2.11. The lowest BCUT2D eigenvalue weighted by molar-refractivity contribution is 0.503. The minimum absolute atomic E-state index is 0.0129. The number of fused-ring (bicyclic) bond motifs is 1. The van der Waals surface area contributed by atoms with Crippen molar-refractivity contribution in [1.82, 2.24) is 0 Å². The average molecular weight is 350 g/mol. The summed E-state index contributed by atoms with van der Waals surface area (Å²) in [5.41, 5.74) is 7.39. The van der Waals surface area contributed by atoms with E-state index in [1.807, 2.05) is 0 Å². The van der Waals surface area contributed by atoms with Crippen molar-refractivity contribution in [2.45, 2.75) is 73.1 Å². The van der Waals surface area contributed by atoms with Gasteiger partial charge in [0, 0.05) is 11.0 Å². The third-order valence-electron chi connectivity index (χ3n) is 5.16. The normalized spacial score (nSPS) is 14.1. The van der Waals surface area contributed by atoms with Crippen LogP contribution >= 0.6 is 0 Å². The Bertz CT molecular complexity index is 831. The molecule has 1 aliphatic rings. The second kappa shape index (κ2) is 6.08. The molecule has 0 radical (unpaired) electrons. The number of benzene rings is 2. The Kier molecular flexibility index (Phi) is 4.41. The van der Waals surface area contributed by atoms with Gasteiger partial charge in [-0.1, -0.05) is 65.3 Å². The van der Waals surface area contributed by atoms with Crippen LogP contribution in [0.3, 0.4) is 0 Å². The molecule has 0 N–H and O–H groups in total. The van der Waals surface area contributed by atoms with Crippen LogP contribution in [0.4, 0.5) is 0 Å². The first-order chi connectivity index (χ1) is 11.9. The smallest absolute Gasteiger partial charge is 0.519 e. The van der Waals surface area contributed by atoms with Crippen LogP contribution in [0.15, 0.2) is 24.3 Å². The van der Waals surface area contributed by atoms with Gasteiger partial charge >= 0.3 is 7.12 Å². The molecule has 0 aliphatic carbocycles. The van der Waals surface area contributed by atoms with Crippen molar-refractivity contribution in [2.75, 3.05) is 0 Å². The first-order valence-corrected chi connectivity index (χ1v) is 9.48. The fourth-order valence-electron chi connectivity index (χ4n) is 3.73. The lowest BCUT2D eigenvalue weighted by atomic mass is 9.73. The third-order valence-corrected chi connectivity index (χ3v) is 5.16. The maximum atomic E-state index is 6.40. The van der Waals surface area contributed by atoms with Crippen LogP contribution in [0.1, 0.15) is 69.4 Å². The van der Waals surface area contributed by atoms with Gasteiger partial charge in [0.25, 0.3) is 0 Å². The maximum Gasteiger partial charge on any atom is 0.633 e. The van der Waals surface area contributed by atoms with Gasteiger partial charge in [-0.3, -0.25) is 0 Å². The van der Waals surface area contributed by atoms with E-state index in [0.29, 0.717) is 0 Å². The third kappa shape index (κ3) is 3.36. The van der Waals surface area contributed by atoms with E-state index in [1.54, 1.807) is 0 Å². The molecule has 0 amide bonds. The van der Waals surface area contributed by atoms with Crippen molar-refractivity contribution in [1.29, 1.82) is 0 Å². The van der Waals surface area contributed by atoms with Crippen molar-refractivity contribution >= 4 is 12.6 Å². The quantitative estimate of drug-likeness (QED) is 0.644. The van der Waals surface area contributed by atoms with Crippen molar-refractivity contribution in [3.63, 3.8) is 0 Å². The van der Waals surface area contributed by atoms with Crippen LogP contribution < -0.4 is 14.8 Å². The lowest BCUT2D eigenvalue weighted by Crippen LogP contribution is -2.42. The van der Waals surface area contributed by atoms with Crippen LogP contribution in [0.25, 0.3) is 0 Å². The summed E-state index contributed by atoms with van der Waals surface area (Å²) in [7, 11) is -0.373. The van der Waals surface area contributed by atoms with Gasteiger partial charge in [-0.2, -0.15) is 0 Å². The Labute approximate surface area is 159 Å². The highest BCUT2D eigenvalue weighted by Crippen LogP contribution is 2.45. The molecule has 0 aromatic heterocycles. The van der Waals surface area contributed by atoms with Gasteiger partial charge in [-0.05, 0) is 54.4 Å². The zero-order valence-corrected chi connectivity index (χ0v) is 17.7. The number of hydrogen-bond donors (Lipinski definition) is 0. The molecule has 1 aliphatic heterocycles. The second-order valence-electron chi connectivity index (χ2n) is 9.73. The Morgan fingerprint density at radius 1 is 0.731 bits per heavy atom. The summed E-state index contributed by atoms with van der Waals surface area (Å²) in [5, 5.41) is 0. The van der Waals surface area contributed by atoms with E-state index in [4.69, 9.17) is 9.31 Å². The highest BCUT2D eigenvalue weighted by molar-refractivity contribution is 6.64. The Hall–Kier alpha value is -1.90. The van der Waals surface area contributed by atoms with E-state index in [0.717, 1.165) is 17.0 Å². The lowest BCUT2D eigenvalue weighted by Gasteiger charge is -2.26. The van der Waals surface area contributed by atoms with Gasteiger partial charge in [0.15, 0.2) is 0 Å². The van der Waals surface area contributed by atoms with E-state index >= 15 is 0 Å². The molecule has 0 bridgehead atoms. The molecule has 2 aromatic carbocycles. The molecule has 2 nitrogen and oxygen atoms in total. The van der Waals surface area contributed by atoms with Crippen LogP contribution in [0, 0.1) is 20.8 Å². The molecule has 0 saturated carbocycles. The van der Waals surface area contributed by atoms with Crippen molar-refractivity contribution < 1.29 is 9.31 Å². The molecule has 3 rings (SSSR count). The molecule has 1 heterocycles. The van der Waals surface area contributed by atoms with Gasteiger partial charge in [0.1, 0.15) is 11.5 Å². The molecular weight excluding hydrogens is 319 g/mol. The van der Waals surface area contributed by atoms with Crippen molar-refractivity contribution in [2.24, 2.45) is 0 Å². The van der Waals surface area contributed by atoms with E-state index in [9.17, 15) is 0 Å². The van der Waals surface area contributed by atoms with E-state index in [-0.39, 0.29) is 17.9 Å². The van der Waals surface area contributed by atoms with Gasteiger partial charge in [0.05, 0.1) is 0 Å². The van der Waals surface area contributed by atoms with Crippen LogP contribution in [0.2, 0.25) is 0 Å². The second-order valence-corrected chi connectivity index (χ2v) is 9.73. The minimum atomic E-state index is -0.373. The monoisotopic (exact) mass is 350 g/mol. The summed E-state index contributed by atoms with van der Waals surface area (Å²) < 4.78 is 12.7. The van der Waals surface area contributed by atoms with Crippen LogP contribution in [-0.4, -0.2) is 7.12 Å². The van der Waals surface area contributed by atoms with Gasteiger partial charge in [-0.25, -0.2) is 0 Å². The van der Waals surface area contributed by atoms with Gasteiger partial charge in [-0.15, -0.1) is 0 Å². The molecule has 0 unspecified atom stereocenters. The standard InChI is InChI=1S/C23H31BO2/c1-14-10-15(2)20(16(3)11-14)24-25-19-13-17(22(4,5)6)12-18(21(19)26-24)23(7,8)9/h10-13H,1-9H3. The molecule has 0 spiro atoms. The zero-order valence-electron chi connectivity index (χ0n) is 17.7. The molecule has 26 heavy (non-hydrogen) atoms. The van der Waals surface area contributed by atoms with Gasteiger partial charge in [0.2, 0.25) is 0 Å². The van der Waals surface area contributed by atoms with E-state index in [2.05, 4.69) is 86.6 Å². The fourth-order valence-corrected chi connectivity index (χ4v) is 3.73. The van der Waals surface area contributed by atoms with Crippen LogP contribution in [-0.2, 0) is 10.8 Å². The molecule has 3 heteroatoms. The molecule has 0 atom stereocenters. The minimum Gasteiger partial charge on any atom is -0.519 e. The first-order valence-electron chi connectivity index (χ1n) is 9.48. The van der Waals surface area contributed by atoms with E-state index < -0.39 is 0 Å². The molecule has 138 valence electrons. The summed E-state index contributed by atoms with van der Waals surface area (Å²) >= 11 is 0. The predicted octanol–water partition coefficient (Wildman–Crippen LogP) is 5.37. The molecule has 2 aromatic rings. The highest BCUT2D eigenvalue weighted by Gasteiger charge is 2.40. The van der Waals surface area contributed by atoms with Crippen LogP contribution in [0.5, 0.6) is 11.5 Å². The zero-order chi connectivity index (χ0) is 19.4. The molecule has 0 fully saturated rings. The summed E-state index contributed by atoms with van der Waals surface area (Å²) in [6.07, 6.45) is 0. The summed E-state index contributed by atoms with van der Waals surface area (Å²) in [6.45, 7) is 19.8. The molecule has 0 saturated heterocycles. The number of aryl methyl sites for hydroxylation is 3. The number of hydrogen-bond acceptors (Lipinski definition) is 2. The largest absolute Gasteiger partial charge is 0.633 e. The van der Waals surface area contributed by atoms with Crippen molar-refractivity contribution in [3.05, 3.63) is 52.1 Å².